The maximum Gasteiger partial charge on any atom is 0.254 e. The summed E-state index contributed by atoms with van der Waals surface area (Å²) >= 11 is 0. The molecule has 1 fully saturated rings. The quantitative estimate of drug-likeness (QED) is 0.819. The average molecular weight is 396 g/mol. The number of carbonyl (C=O) groups excluding carboxylic acids is 1. The number of aromatic nitrogens is 2. The largest absolute Gasteiger partial charge is 0.508 e. The van der Waals surface area contributed by atoms with Gasteiger partial charge in [0.1, 0.15) is 11.6 Å². The van der Waals surface area contributed by atoms with Gasteiger partial charge in [-0.2, -0.15) is 0 Å². The molecular formula is C23H29N3O3. The van der Waals surface area contributed by atoms with Crippen molar-refractivity contribution >= 4 is 5.91 Å². The molecule has 6 heteroatoms. The highest BCUT2D eigenvalue weighted by Crippen LogP contribution is 2.44. The van der Waals surface area contributed by atoms with Crippen molar-refractivity contribution in [3.63, 3.8) is 0 Å². The third-order valence-corrected chi connectivity index (χ3v) is 6.45. The van der Waals surface area contributed by atoms with Crippen LogP contribution < -0.4 is 5.56 Å². The molecule has 1 saturated heterocycles. The van der Waals surface area contributed by atoms with Gasteiger partial charge in [-0.1, -0.05) is 32.9 Å². The molecule has 154 valence electrons. The SMILES string of the molecule is CC(C)(C)c1nc2c(c(=O)[nH]1)CCC21CCN(C(=O)Cc2ccc(O)cc2)CC1. The Balaban J connectivity index is 1.50. The number of hydrogen-bond donors (Lipinski definition) is 2. The molecule has 0 radical (unpaired) electrons. The van der Waals surface area contributed by atoms with Gasteiger partial charge in [0.15, 0.2) is 0 Å². The van der Waals surface area contributed by atoms with E-state index < -0.39 is 0 Å². The number of nitrogens with zero attached hydrogens (tertiary/aromatic N) is 2. The maximum absolute atomic E-state index is 12.7. The van der Waals surface area contributed by atoms with Gasteiger partial charge in [0, 0.05) is 29.5 Å². The summed E-state index contributed by atoms with van der Waals surface area (Å²) in [5.74, 6) is 1.06. The number of H-pyrrole nitrogens is 1. The second kappa shape index (κ2) is 7.01. The lowest BCUT2D eigenvalue weighted by molar-refractivity contribution is -0.132. The molecule has 0 unspecified atom stereocenters. The summed E-state index contributed by atoms with van der Waals surface area (Å²) in [7, 11) is 0. The number of benzene rings is 1. The number of phenols is 1. The summed E-state index contributed by atoms with van der Waals surface area (Å²) in [5.41, 5.74) is 2.42. The number of piperidine rings is 1. The zero-order chi connectivity index (χ0) is 20.8. The van der Waals surface area contributed by atoms with Crippen LogP contribution in [0.5, 0.6) is 5.75 Å². The molecule has 2 N–H and O–H groups in total. The van der Waals surface area contributed by atoms with Crippen molar-refractivity contribution in [2.24, 2.45) is 0 Å². The van der Waals surface area contributed by atoms with Crippen LogP contribution in [0.3, 0.4) is 0 Å². The number of rotatable bonds is 2. The zero-order valence-corrected chi connectivity index (χ0v) is 17.4. The molecule has 1 spiro atoms. The highest BCUT2D eigenvalue weighted by atomic mass is 16.3. The van der Waals surface area contributed by atoms with Crippen molar-refractivity contribution in [2.75, 3.05) is 13.1 Å². The molecule has 2 heterocycles. The minimum Gasteiger partial charge on any atom is -0.508 e. The second-order valence-corrected chi connectivity index (χ2v) is 9.50. The van der Waals surface area contributed by atoms with Crippen molar-refractivity contribution < 1.29 is 9.90 Å². The number of amides is 1. The third kappa shape index (κ3) is 3.68. The van der Waals surface area contributed by atoms with Crippen LogP contribution in [0.2, 0.25) is 0 Å². The standard InChI is InChI=1S/C23H29N3O3/c1-22(2,3)21-24-19-17(20(29)25-21)8-9-23(19)10-12-26(13-11-23)18(28)14-15-4-6-16(27)7-5-15/h4-7,27H,8-14H2,1-3H3,(H,24,25,29). The maximum atomic E-state index is 12.7. The van der Waals surface area contributed by atoms with E-state index in [9.17, 15) is 14.7 Å². The summed E-state index contributed by atoms with van der Waals surface area (Å²) in [6, 6.07) is 6.80. The first-order valence-corrected chi connectivity index (χ1v) is 10.4. The average Bonchev–Trinajstić information content (AvgIpc) is 3.02. The molecule has 6 nitrogen and oxygen atoms in total. The van der Waals surface area contributed by atoms with Crippen molar-refractivity contribution in [1.29, 1.82) is 0 Å². The molecular weight excluding hydrogens is 366 g/mol. The van der Waals surface area contributed by atoms with Crippen LogP contribution >= 0.6 is 0 Å². The third-order valence-electron chi connectivity index (χ3n) is 6.45. The van der Waals surface area contributed by atoms with Crippen LogP contribution in [0.15, 0.2) is 29.1 Å². The lowest BCUT2D eigenvalue weighted by Gasteiger charge is -2.39. The van der Waals surface area contributed by atoms with Crippen LogP contribution in [-0.4, -0.2) is 39.0 Å². The Morgan fingerprint density at radius 3 is 2.45 bits per heavy atom. The Labute approximate surface area is 171 Å². The molecule has 1 aromatic carbocycles. The number of aromatic amines is 1. The first-order valence-electron chi connectivity index (χ1n) is 10.4. The molecule has 4 rings (SSSR count). The molecule has 1 aliphatic carbocycles. The molecule has 1 aliphatic heterocycles. The van der Waals surface area contributed by atoms with Gasteiger partial charge in [-0.3, -0.25) is 9.59 Å². The van der Waals surface area contributed by atoms with Crippen LogP contribution in [0.25, 0.3) is 0 Å². The highest BCUT2D eigenvalue weighted by molar-refractivity contribution is 5.79. The summed E-state index contributed by atoms with van der Waals surface area (Å²) in [6.45, 7) is 7.56. The number of fused-ring (bicyclic) bond motifs is 2. The predicted octanol–water partition coefficient (Wildman–Crippen LogP) is 2.82. The van der Waals surface area contributed by atoms with Gasteiger partial charge >= 0.3 is 0 Å². The number of aromatic hydroxyl groups is 1. The topological polar surface area (TPSA) is 86.3 Å². The monoisotopic (exact) mass is 395 g/mol. The van der Waals surface area contributed by atoms with Gasteiger partial charge in [0.05, 0.1) is 12.1 Å². The number of phenolic OH excluding ortho intramolecular Hbond substituents is 1. The van der Waals surface area contributed by atoms with E-state index in [1.165, 1.54) is 0 Å². The van der Waals surface area contributed by atoms with Crippen molar-refractivity contribution in [1.82, 2.24) is 14.9 Å². The second-order valence-electron chi connectivity index (χ2n) is 9.50. The Morgan fingerprint density at radius 1 is 1.17 bits per heavy atom. The van der Waals surface area contributed by atoms with Crippen LogP contribution in [0, 0.1) is 0 Å². The zero-order valence-electron chi connectivity index (χ0n) is 17.4. The Hall–Kier alpha value is -2.63. The molecule has 0 atom stereocenters. The fourth-order valence-electron chi connectivity index (χ4n) is 4.58. The normalized spacial score (nSPS) is 18.1. The Morgan fingerprint density at radius 2 is 1.83 bits per heavy atom. The fourth-order valence-corrected chi connectivity index (χ4v) is 4.58. The number of hydrogen-bond acceptors (Lipinski definition) is 4. The number of nitrogens with one attached hydrogen (secondary N) is 1. The lowest BCUT2D eigenvalue weighted by atomic mass is 9.76. The van der Waals surface area contributed by atoms with Gasteiger partial charge in [-0.05, 0) is 43.4 Å². The summed E-state index contributed by atoms with van der Waals surface area (Å²) < 4.78 is 0. The van der Waals surface area contributed by atoms with Crippen LogP contribution in [0.1, 0.15) is 62.7 Å². The molecule has 1 aromatic heterocycles. The van der Waals surface area contributed by atoms with E-state index in [0.717, 1.165) is 48.3 Å². The Bertz CT molecular complexity index is 978. The van der Waals surface area contributed by atoms with E-state index in [1.807, 2.05) is 4.90 Å². The molecule has 1 amide bonds. The summed E-state index contributed by atoms with van der Waals surface area (Å²) in [6.07, 6.45) is 3.74. The minimum absolute atomic E-state index is 0.00244. The number of likely N-dealkylation sites (tertiary alicyclic amines) is 1. The fraction of sp³-hybridized carbons (Fsp3) is 0.522. The minimum atomic E-state index is -0.210. The van der Waals surface area contributed by atoms with E-state index >= 15 is 0 Å². The van der Waals surface area contributed by atoms with Crippen LogP contribution in [0.4, 0.5) is 0 Å². The number of carbonyl (C=O) groups is 1. The van der Waals surface area contributed by atoms with Crippen molar-refractivity contribution in [3.05, 3.63) is 57.3 Å². The predicted molar refractivity (Wildman–Crippen MR) is 111 cm³/mol. The molecule has 2 aromatic rings. The Kier molecular flexibility index (Phi) is 4.75. The van der Waals surface area contributed by atoms with E-state index in [1.54, 1.807) is 24.3 Å². The molecule has 2 aliphatic rings. The van der Waals surface area contributed by atoms with Gasteiger partial charge < -0.3 is 15.0 Å². The molecule has 29 heavy (non-hydrogen) atoms. The highest BCUT2D eigenvalue weighted by Gasteiger charge is 2.45. The van der Waals surface area contributed by atoms with E-state index in [0.29, 0.717) is 19.5 Å². The van der Waals surface area contributed by atoms with Crippen molar-refractivity contribution in [3.8, 4) is 5.75 Å². The lowest BCUT2D eigenvalue weighted by Crippen LogP contribution is -2.45. The van der Waals surface area contributed by atoms with Gasteiger partial charge in [-0.15, -0.1) is 0 Å². The van der Waals surface area contributed by atoms with Gasteiger partial charge in [-0.25, -0.2) is 4.98 Å². The van der Waals surface area contributed by atoms with E-state index in [-0.39, 0.29) is 28.0 Å². The van der Waals surface area contributed by atoms with Crippen LogP contribution in [-0.2, 0) is 28.5 Å². The van der Waals surface area contributed by atoms with Gasteiger partial charge in [0.25, 0.3) is 5.56 Å². The summed E-state index contributed by atoms with van der Waals surface area (Å²) in [4.78, 5) is 35.2. The van der Waals surface area contributed by atoms with Gasteiger partial charge in [0.2, 0.25) is 5.91 Å². The van der Waals surface area contributed by atoms with E-state index in [4.69, 9.17) is 4.98 Å². The smallest absolute Gasteiger partial charge is 0.254 e. The molecule has 0 saturated carbocycles. The molecule has 0 bridgehead atoms. The summed E-state index contributed by atoms with van der Waals surface area (Å²) in [5, 5.41) is 9.40. The van der Waals surface area contributed by atoms with Crippen molar-refractivity contribution in [2.45, 2.75) is 63.7 Å². The van der Waals surface area contributed by atoms with E-state index in [2.05, 4.69) is 25.8 Å². The first-order chi connectivity index (χ1) is 13.7. The first kappa shape index (κ1) is 19.7.